The van der Waals surface area contributed by atoms with Gasteiger partial charge in [0.25, 0.3) is 0 Å². The summed E-state index contributed by atoms with van der Waals surface area (Å²) in [6.45, 7) is 6.97. The summed E-state index contributed by atoms with van der Waals surface area (Å²) in [5.74, 6) is 0.553. The molecule has 26 heavy (non-hydrogen) atoms. The third-order valence-corrected chi connectivity index (χ3v) is 12.6. The van der Waals surface area contributed by atoms with Gasteiger partial charge in [-0.05, 0) is 74.7 Å². The van der Waals surface area contributed by atoms with Crippen molar-refractivity contribution in [3.63, 3.8) is 0 Å². The molecule has 3 saturated carbocycles. The summed E-state index contributed by atoms with van der Waals surface area (Å²) in [5, 5.41) is 0.167. The summed E-state index contributed by atoms with van der Waals surface area (Å²) in [5.41, 5.74) is 4.75. The fourth-order valence-corrected chi connectivity index (χ4v) is 12.3. The average Bonchev–Trinajstić information content (AvgIpc) is 2.63. The van der Waals surface area contributed by atoms with Gasteiger partial charge in [0.15, 0.2) is 0 Å². The highest BCUT2D eigenvalue weighted by Crippen LogP contribution is 2.71. The van der Waals surface area contributed by atoms with Gasteiger partial charge in [0, 0.05) is 0 Å². The first kappa shape index (κ1) is 21.5. The number of allylic oxidation sites excluding steroid dienone is 2. The monoisotopic (exact) mass is 416 g/mol. The van der Waals surface area contributed by atoms with Crippen molar-refractivity contribution in [2.45, 2.75) is 126 Å². The van der Waals surface area contributed by atoms with Gasteiger partial charge in [-0.3, -0.25) is 0 Å². The lowest BCUT2D eigenvalue weighted by atomic mass is 9.86. The SMILES string of the molecule is CC(=C1C(Cl)CCCC1(Cl)P(C1CCCCC1)C1CCCCC1)C(C)C. The van der Waals surface area contributed by atoms with Crippen molar-refractivity contribution in [3.8, 4) is 0 Å². The van der Waals surface area contributed by atoms with E-state index in [0.29, 0.717) is 5.92 Å². The number of hydrogen-bond donors (Lipinski definition) is 0. The van der Waals surface area contributed by atoms with E-state index in [1.165, 1.54) is 88.2 Å². The van der Waals surface area contributed by atoms with Gasteiger partial charge in [-0.1, -0.05) is 65.9 Å². The Labute approximate surface area is 173 Å². The maximum absolute atomic E-state index is 7.79. The van der Waals surface area contributed by atoms with Crippen molar-refractivity contribution in [3.05, 3.63) is 11.1 Å². The van der Waals surface area contributed by atoms with Crippen molar-refractivity contribution >= 4 is 31.1 Å². The van der Waals surface area contributed by atoms with E-state index in [1.54, 1.807) is 0 Å². The highest BCUT2D eigenvalue weighted by Gasteiger charge is 2.51. The Kier molecular flexibility index (Phi) is 7.84. The molecule has 150 valence electrons. The number of rotatable bonds is 4. The van der Waals surface area contributed by atoms with Gasteiger partial charge in [-0.15, -0.1) is 23.2 Å². The summed E-state index contributed by atoms with van der Waals surface area (Å²) in [6, 6.07) is 0. The summed E-state index contributed by atoms with van der Waals surface area (Å²) in [6.07, 6.45) is 17.8. The molecule has 3 heteroatoms. The topological polar surface area (TPSA) is 0 Å². The smallest absolute Gasteiger partial charge is 0.0869 e. The van der Waals surface area contributed by atoms with E-state index in [2.05, 4.69) is 20.8 Å². The lowest BCUT2D eigenvalue weighted by Gasteiger charge is -2.52. The van der Waals surface area contributed by atoms with Gasteiger partial charge in [-0.2, -0.15) is 0 Å². The zero-order valence-electron chi connectivity index (χ0n) is 17.2. The minimum atomic E-state index is -0.197. The van der Waals surface area contributed by atoms with Crippen LogP contribution in [0.15, 0.2) is 11.1 Å². The molecule has 0 radical (unpaired) electrons. The summed E-state index contributed by atoms with van der Waals surface area (Å²) < 4.78 is -0.113. The predicted molar refractivity (Wildman–Crippen MR) is 120 cm³/mol. The summed E-state index contributed by atoms with van der Waals surface area (Å²) in [4.78, 5) is 0. The van der Waals surface area contributed by atoms with Gasteiger partial charge in [-0.25, -0.2) is 0 Å². The molecule has 3 aliphatic rings. The molecule has 0 bridgehead atoms. The number of halogens is 2. The zero-order chi connectivity index (χ0) is 18.7. The van der Waals surface area contributed by atoms with Crippen LogP contribution in [0.5, 0.6) is 0 Å². The Morgan fingerprint density at radius 1 is 0.885 bits per heavy atom. The van der Waals surface area contributed by atoms with Crippen LogP contribution in [0, 0.1) is 5.92 Å². The van der Waals surface area contributed by atoms with Crippen molar-refractivity contribution < 1.29 is 0 Å². The maximum atomic E-state index is 7.79. The molecular weight excluding hydrogens is 378 g/mol. The van der Waals surface area contributed by atoms with E-state index in [-0.39, 0.29) is 17.9 Å². The van der Waals surface area contributed by atoms with Gasteiger partial charge < -0.3 is 0 Å². The molecule has 0 N–H and O–H groups in total. The first-order valence-corrected chi connectivity index (χ1v) is 13.6. The molecule has 3 aliphatic carbocycles. The van der Waals surface area contributed by atoms with Crippen LogP contribution < -0.4 is 0 Å². The third-order valence-electron chi connectivity index (χ3n) is 7.33. The molecule has 0 aliphatic heterocycles. The second kappa shape index (κ2) is 9.50. The number of hydrogen-bond acceptors (Lipinski definition) is 0. The molecular formula is C23H39Cl2P. The quantitative estimate of drug-likeness (QED) is 0.243. The molecule has 0 aromatic rings. The van der Waals surface area contributed by atoms with E-state index in [1.807, 2.05) is 0 Å². The van der Waals surface area contributed by atoms with Crippen LogP contribution >= 0.6 is 31.1 Å². The van der Waals surface area contributed by atoms with Crippen LogP contribution in [0.25, 0.3) is 0 Å². The van der Waals surface area contributed by atoms with E-state index in [0.717, 1.165) is 17.7 Å². The van der Waals surface area contributed by atoms with Crippen LogP contribution in [0.1, 0.15) is 104 Å². The molecule has 3 rings (SSSR count). The minimum absolute atomic E-state index is 0.113. The van der Waals surface area contributed by atoms with E-state index < -0.39 is 0 Å². The Bertz CT molecular complexity index is 470. The lowest BCUT2D eigenvalue weighted by molar-refractivity contribution is 0.470. The fourth-order valence-electron chi connectivity index (χ4n) is 5.76. The molecule has 3 fully saturated rings. The Morgan fingerprint density at radius 2 is 1.38 bits per heavy atom. The first-order chi connectivity index (χ1) is 12.4. The molecule has 0 saturated heterocycles. The Morgan fingerprint density at radius 3 is 1.85 bits per heavy atom. The molecule has 2 unspecified atom stereocenters. The largest absolute Gasteiger partial charge is 0.118 e. The molecule has 0 nitrogen and oxygen atoms in total. The van der Waals surface area contributed by atoms with Crippen molar-refractivity contribution in [2.24, 2.45) is 5.92 Å². The normalized spacial score (nSPS) is 34.5. The van der Waals surface area contributed by atoms with E-state index in [4.69, 9.17) is 23.2 Å². The van der Waals surface area contributed by atoms with Gasteiger partial charge in [0.2, 0.25) is 0 Å². The van der Waals surface area contributed by atoms with Gasteiger partial charge in [0.05, 0.1) is 9.99 Å². The van der Waals surface area contributed by atoms with Crippen LogP contribution in [0.4, 0.5) is 0 Å². The molecule has 0 aromatic carbocycles. The van der Waals surface area contributed by atoms with E-state index in [9.17, 15) is 0 Å². The van der Waals surface area contributed by atoms with Crippen molar-refractivity contribution in [1.29, 1.82) is 0 Å². The molecule has 0 aromatic heterocycles. The van der Waals surface area contributed by atoms with Gasteiger partial charge in [0.1, 0.15) is 0 Å². The van der Waals surface area contributed by atoms with Crippen molar-refractivity contribution in [1.82, 2.24) is 0 Å². The molecule has 0 spiro atoms. The second-order valence-electron chi connectivity index (χ2n) is 9.36. The zero-order valence-corrected chi connectivity index (χ0v) is 19.6. The van der Waals surface area contributed by atoms with Crippen LogP contribution in [-0.4, -0.2) is 21.3 Å². The minimum Gasteiger partial charge on any atom is -0.118 e. The maximum Gasteiger partial charge on any atom is 0.0869 e. The van der Waals surface area contributed by atoms with E-state index >= 15 is 0 Å². The van der Waals surface area contributed by atoms with Gasteiger partial charge >= 0.3 is 0 Å². The second-order valence-corrected chi connectivity index (χ2v) is 13.8. The molecule has 2 atom stereocenters. The highest BCUT2D eigenvalue weighted by molar-refractivity contribution is 7.63. The molecule has 0 heterocycles. The van der Waals surface area contributed by atoms with Crippen LogP contribution in [0.3, 0.4) is 0 Å². The highest BCUT2D eigenvalue weighted by atomic mass is 35.5. The first-order valence-electron chi connectivity index (χ1n) is 11.3. The summed E-state index contributed by atoms with van der Waals surface area (Å²) >= 11 is 14.8. The Balaban J connectivity index is 2.01. The van der Waals surface area contributed by atoms with Crippen LogP contribution in [-0.2, 0) is 0 Å². The summed E-state index contributed by atoms with van der Waals surface area (Å²) in [7, 11) is -0.197. The third kappa shape index (κ3) is 4.49. The Hall–Kier alpha value is 0.750. The lowest BCUT2D eigenvalue weighted by Crippen LogP contribution is -2.40. The standard InChI is InChI=1S/C23H39Cl2P/c1-17(2)18(3)22-21(24)15-10-16-23(22,25)26(19-11-6-4-7-12-19)20-13-8-5-9-14-20/h17,19-21H,4-16H2,1-3H3. The average molecular weight is 417 g/mol. The van der Waals surface area contributed by atoms with Crippen molar-refractivity contribution in [2.75, 3.05) is 0 Å². The van der Waals surface area contributed by atoms with Crippen LogP contribution in [0.2, 0.25) is 0 Å². The number of alkyl halides is 2. The molecule has 0 amide bonds. The predicted octanol–water partition coefficient (Wildman–Crippen LogP) is 8.83. The fraction of sp³-hybridized carbons (Fsp3) is 0.913.